The van der Waals surface area contributed by atoms with Crippen LogP contribution in [-0.4, -0.2) is 0 Å². The van der Waals surface area contributed by atoms with E-state index < -0.39 is 0 Å². The van der Waals surface area contributed by atoms with Crippen LogP contribution in [0.1, 0.15) is 0 Å². The van der Waals surface area contributed by atoms with Crippen molar-refractivity contribution in [2.24, 2.45) is 0 Å². The van der Waals surface area contributed by atoms with Crippen LogP contribution in [-0.2, 0) is 0 Å². The summed E-state index contributed by atoms with van der Waals surface area (Å²) in [5.74, 6) is 0. The summed E-state index contributed by atoms with van der Waals surface area (Å²) < 4.78 is 5.31. The van der Waals surface area contributed by atoms with Gasteiger partial charge in [0.05, 0.1) is 0 Å². The zero-order valence-corrected chi connectivity index (χ0v) is 20.1. The van der Waals surface area contributed by atoms with E-state index in [1.165, 1.54) is 35.2 Å². The molecule has 2 aromatic heterocycles. The van der Waals surface area contributed by atoms with E-state index in [2.05, 4.69) is 125 Å². The molecule has 0 amide bonds. The quantitative estimate of drug-likeness (QED) is 0.238. The normalized spacial score (nSPS) is 11.0. The van der Waals surface area contributed by atoms with Gasteiger partial charge in [0.15, 0.2) is 0 Å². The van der Waals surface area contributed by atoms with E-state index in [0.29, 0.717) is 0 Å². The van der Waals surface area contributed by atoms with Crippen LogP contribution < -0.4 is 0 Å². The summed E-state index contributed by atoms with van der Waals surface area (Å²) in [6.07, 6.45) is 0. The van der Waals surface area contributed by atoms with Crippen LogP contribution in [0.3, 0.4) is 0 Å². The number of rotatable bonds is 2. The lowest BCUT2D eigenvalue weighted by Crippen LogP contribution is -1.89. The van der Waals surface area contributed by atoms with Gasteiger partial charge < -0.3 is 0 Å². The third-order valence-corrected chi connectivity index (χ3v) is 8.99. The molecule has 0 aliphatic heterocycles. The Morgan fingerprint density at radius 3 is 1.30 bits per heavy atom. The molecule has 0 aliphatic rings. The first kappa shape index (κ1) is 16.4. The fourth-order valence-electron chi connectivity index (χ4n) is 1.87. The molecule has 0 nitrogen and oxygen atoms in total. The van der Waals surface area contributed by atoms with Crippen LogP contribution in [0.5, 0.6) is 0 Å². The summed E-state index contributed by atoms with van der Waals surface area (Å²) in [4.78, 5) is 2.75. The summed E-state index contributed by atoms with van der Waals surface area (Å²) in [6.45, 7) is 0. The molecule has 0 atom stereocenters. The number of benzene rings is 1. The van der Waals surface area contributed by atoms with Crippen molar-refractivity contribution in [3.63, 3.8) is 0 Å². The van der Waals surface area contributed by atoms with E-state index >= 15 is 0 Å². The third kappa shape index (κ3) is 3.24. The molecule has 0 saturated heterocycles. The lowest BCUT2D eigenvalue weighted by atomic mass is 10.1. The first-order chi connectivity index (χ1) is 9.58. The number of halogens is 4. The van der Waals surface area contributed by atoms with E-state index in [4.69, 9.17) is 0 Å². The molecule has 0 bridgehead atoms. The van der Waals surface area contributed by atoms with Crippen molar-refractivity contribution >= 4 is 113 Å². The summed E-state index contributed by atoms with van der Waals surface area (Å²) in [7, 11) is 0. The highest BCUT2D eigenvalue weighted by molar-refractivity contribution is 14.1. The van der Waals surface area contributed by atoms with Crippen molar-refractivity contribution in [3.05, 3.63) is 49.3 Å². The molecule has 0 aliphatic carbocycles. The Bertz CT molecular complexity index is 707. The third-order valence-electron chi connectivity index (χ3n) is 2.78. The zero-order valence-electron chi connectivity index (χ0n) is 9.79. The second-order valence-corrected chi connectivity index (χ2v) is 10.5. The van der Waals surface area contributed by atoms with Gasteiger partial charge in [-0.25, -0.2) is 0 Å². The van der Waals surface area contributed by atoms with Gasteiger partial charge in [-0.15, -0.1) is 22.7 Å². The minimum Gasteiger partial charge on any atom is -0.143 e. The molecular formula is C14H6I4S2. The molecule has 0 N–H and O–H groups in total. The Balaban J connectivity index is 2.17. The van der Waals surface area contributed by atoms with Gasteiger partial charge in [0.25, 0.3) is 0 Å². The van der Waals surface area contributed by atoms with Crippen molar-refractivity contribution in [2.75, 3.05) is 0 Å². The molecule has 20 heavy (non-hydrogen) atoms. The highest BCUT2D eigenvalue weighted by atomic mass is 127. The summed E-state index contributed by atoms with van der Waals surface area (Å²) in [5, 5.41) is 4.33. The Morgan fingerprint density at radius 2 is 1.00 bits per heavy atom. The van der Waals surface area contributed by atoms with E-state index in [-0.39, 0.29) is 0 Å². The fraction of sp³-hybridized carbons (Fsp3) is 0. The number of hydrogen-bond donors (Lipinski definition) is 0. The van der Waals surface area contributed by atoms with Gasteiger partial charge in [-0.2, -0.15) is 0 Å². The number of hydrogen-bond acceptors (Lipinski definition) is 2. The maximum atomic E-state index is 2.46. The SMILES string of the molecule is Ic1cc(-c2sccc2I)c(I)cc1-c1sccc1I. The summed E-state index contributed by atoms with van der Waals surface area (Å²) >= 11 is 13.4. The largest absolute Gasteiger partial charge is 0.143 e. The zero-order chi connectivity index (χ0) is 14.3. The van der Waals surface area contributed by atoms with Crippen LogP contribution in [0.2, 0.25) is 0 Å². The van der Waals surface area contributed by atoms with Gasteiger partial charge >= 0.3 is 0 Å². The molecule has 1 aromatic carbocycles. The molecule has 0 radical (unpaired) electrons. The molecule has 0 unspecified atom stereocenters. The Hall–Kier alpha value is 1.54. The van der Waals surface area contributed by atoms with Gasteiger partial charge in [-0.05, 0) is 125 Å². The predicted molar refractivity (Wildman–Crippen MR) is 124 cm³/mol. The standard InChI is InChI=1S/C14H6I4S2/c15-9-1-3-19-13(9)7-5-12(18)8(6-11(7)17)14-10(16)2-4-20-14/h1-6H. The van der Waals surface area contributed by atoms with E-state index in [0.717, 1.165) is 0 Å². The van der Waals surface area contributed by atoms with Crippen molar-refractivity contribution in [1.82, 2.24) is 0 Å². The topological polar surface area (TPSA) is 0 Å². The molecular weight excluding hydrogens is 740 g/mol. The second kappa shape index (κ2) is 6.97. The first-order valence-electron chi connectivity index (χ1n) is 5.53. The first-order valence-corrected chi connectivity index (χ1v) is 11.6. The van der Waals surface area contributed by atoms with Crippen molar-refractivity contribution < 1.29 is 0 Å². The Kier molecular flexibility index (Phi) is 5.72. The minimum atomic E-state index is 1.32. The lowest BCUT2D eigenvalue weighted by molar-refractivity contribution is 1.57. The van der Waals surface area contributed by atoms with E-state index in [9.17, 15) is 0 Å². The number of thiophene rings is 2. The molecule has 0 saturated carbocycles. The second-order valence-electron chi connectivity index (χ2n) is 4.01. The van der Waals surface area contributed by atoms with Gasteiger partial charge in [-0.1, -0.05) is 0 Å². The van der Waals surface area contributed by atoms with Gasteiger partial charge in [0.1, 0.15) is 0 Å². The van der Waals surface area contributed by atoms with E-state index in [1.54, 1.807) is 0 Å². The van der Waals surface area contributed by atoms with Crippen molar-refractivity contribution in [1.29, 1.82) is 0 Å². The van der Waals surface area contributed by atoms with E-state index in [1.807, 2.05) is 22.7 Å². The molecule has 0 spiro atoms. The summed E-state index contributed by atoms with van der Waals surface area (Å²) in [5.41, 5.74) is 2.70. The average molecular weight is 746 g/mol. The van der Waals surface area contributed by atoms with Crippen LogP contribution in [0.15, 0.2) is 35.0 Å². The van der Waals surface area contributed by atoms with Crippen LogP contribution in [0, 0.1) is 14.3 Å². The Labute approximate surface area is 180 Å². The molecule has 3 rings (SSSR count). The molecule has 0 fully saturated rings. The monoisotopic (exact) mass is 746 g/mol. The van der Waals surface area contributed by atoms with Gasteiger partial charge in [0, 0.05) is 35.2 Å². The summed E-state index contributed by atoms with van der Waals surface area (Å²) in [6, 6.07) is 9.00. The minimum absolute atomic E-state index is 1.32. The average Bonchev–Trinajstić information content (AvgIpc) is 3.01. The molecule has 2 heterocycles. The highest BCUT2D eigenvalue weighted by Gasteiger charge is 2.15. The van der Waals surface area contributed by atoms with Crippen molar-refractivity contribution in [2.45, 2.75) is 0 Å². The van der Waals surface area contributed by atoms with Crippen LogP contribution >= 0.6 is 113 Å². The molecule has 3 aromatic rings. The van der Waals surface area contributed by atoms with Crippen LogP contribution in [0.4, 0.5) is 0 Å². The predicted octanol–water partition coefficient (Wildman–Crippen LogP) is 7.56. The lowest BCUT2D eigenvalue weighted by Gasteiger charge is -2.09. The van der Waals surface area contributed by atoms with Crippen LogP contribution in [0.25, 0.3) is 20.9 Å². The van der Waals surface area contributed by atoms with Crippen molar-refractivity contribution in [3.8, 4) is 20.9 Å². The highest BCUT2D eigenvalue weighted by Crippen LogP contribution is 2.40. The van der Waals surface area contributed by atoms with Gasteiger partial charge in [0.2, 0.25) is 0 Å². The molecule has 6 heteroatoms. The van der Waals surface area contributed by atoms with Gasteiger partial charge in [-0.3, -0.25) is 0 Å². The Morgan fingerprint density at radius 1 is 0.600 bits per heavy atom. The molecule has 102 valence electrons. The fourth-order valence-corrected chi connectivity index (χ4v) is 7.53. The maximum absolute atomic E-state index is 2.46. The maximum Gasteiger partial charge on any atom is 0.0487 e. The smallest absolute Gasteiger partial charge is 0.0487 e.